The van der Waals surface area contributed by atoms with E-state index < -0.39 is 11.9 Å². The number of nitrogens with one attached hydrogen (secondary N) is 1. The van der Waals surface area contributed by atoms with Crippen LogP contribution in [0.1, 0.15) is 26.7 Å². The standard InChI is InChI=1S/C13H24N2O4/c1-4-10(12(16)17)7-14-13(18)15-6-5-9(2)11(8-15)19-3/h9-11H,4-8H2,1-3H3,(H,14,18)(H,16,17). The predicted molar refractivity (Wildman–Crippen MR) is 71.0 cm³/mol. The van der Waals surface area contributed by atoms with E-state index in [1.807, 2.05) is 0 Å². The Hall–Kier alpha value is -1.30. The zero-order valence-corrected chi connectivity index (χ0v) is 11.9. The molecule has 0 aromatic rings. The largest absolute Gasteiger partial charge is 0.481 e. The number of aliphatic carboxylic acids is 1. The minimum absolute atomic E-state index is 0.0564. The van der Waals surface area contributed by atoms with Crippen LogP contribution in [0.25, 0.3) is 0 Å². The summed E-state index contributed by atoms with van der Waals surface area (Å²) >= 11 is 0. The Kier molecular flexibility index (Phi) is 6.08. The highest BCUT2D eigenvalue weighted by molar-refractivity contribution is 5.76. The third-order valence-corrected chi connectivity index (χ3v) is 3.82. The van der Waals surface area contributed by atoms with Gasteiger partial charge in [-0.25, -0.2) is 4.79 Å². The zero-order chi connectivity index (χ0) is 14.4. The molecule has 3 unspecified atom stereocenters. The van der Waals surface area contributed by atoms with Crippen molar-refractivity contribution in [2.24, 2.45) is 11.8 Å². The lowest BCUT2D eigenvalue weighted by Gasteiger charge is -2.36. The molecule has 0 spiro atoms. The number of urea groups is 1. The highest BCUT2D eigenvalue weighted by Gasteiger charge is 2.29. The minimum atomic E-state index is -0.871. The fourth-order valence-corrected chi connectivity index (χ4v) is 2.25. The summed E-state index contributed by atoms with van der Waals surface area (Å²) in [5.41, 5.74) is 0. The number of hydrogen-bond donors (Lipinski definition) is 2. The van der Waals surface area contributed by atoms with E-state index in [1.54, 1.807) is 18.9 Å². The van der Waals surface area contributed by atoms with Crippen LogP contribution in [-0.2, 0) is 9.53 Å². The van der Waals surface area contributed by atoms with E-state index in [0.717, 1.165) is 6.42 Å². The van der Waals surface area contributed by atoms with Crippen molar-refractivity contribution in [1.82, 2.24) is 10.2 Å². The van der Waals surface area contributed by atoms with Gasteiger partial charge in [0.25, 0.3) is 0 Å². The van der Waals surface area contributed by atoms with E-state index in [2.05, 4.69) is 12.2 Å². The number of carbonyl (C=O) groups excluding carboxylic acids is 1. The number of likely N-dealkylation sites (tertiary alicyclic amines) is 1. The van der Waals surface area contributed by atoms with Crippen molar-refractivity contribution in [3.63, 3.8) is 0 Å². The Morgan fingerprint density at radius 3 is 2.74 bits per heavy atom. The van der Waals surface area contributed by atoms with Crippen LogP contribution in [0.2, 0.25) is 0 Å². The number of rotatable bonds is 5. The summed E-state index contributed by atoms with van der Waals surface area (Å²) in [6.45, 7) is 5.34. The molecule has 0 aliphatic carbocycles. The smallest absolute Gasteiger partial charge is 0.317 e. The molecule has 0 saturated carbocycles. The van der Waals surface area contributed by atoms with Gasteiger partial charge in [0.2, 0.25) is 0 Å². The second kappa shape index (κ2) is 7.33. The van der Waals surface area contributed by atoms with E-state index in [-0.39, 0.29) is 18.7 Å². The molecule has 6 nitrogen and oxygen atoms in total. The fraction of sp³-hybridized carbons (Fsp3) is 0.846. The number of carboxylic acid groups (broad SMARTS) is 1. The summed E-state index contributed by atoms with van der Waals surface area (Å²) < 4.78 is 5.35. The Morgan fingerprint density at radius 2 is 2.21 bits per heavy atom. The van der Waals surface area contributed by atoms with Gasteiger partial charge in [0.05, 0.1) is 12.0 Å². The average molecular weight is 272 g/mol. The highest BCUT2D eigenvalue weighted by Crippen LogP contribution is 2.19. The third kappa shape index (κ3) is 4.38. The van der Waals surface area contributed by atoms with Crippen LogP contribution in [0.15, 0.2) is 0 Å². The molecule has 2 amide bonds. The van der Waals surface area contributed by atoms with E-state index in [0.29, 0.717) is 25.4 Å². The second-order valence-corrected chi connectivity index (χ2v) is 5.12. The Balaban J connectivity index is 2.43. The van der Waals surface area contributed by atoms with Gasteiger partial charge in [-0.15, -0.1) is 0 Å². The van der Waals surface area contributed by atoms with E-state index in [9.17, 15) is 9.59 Å². The van der Waals surface area contributed by atoms with Gasteiger partial charge in [0.15, 0.2) is 0 Å². The monoisotopic (exact) mass is 272 g/mol. The summed E-state index contributed by atoms with van der Waals surface area (Å²) in [5, 5.41) is 11.6. The van der Waals surface area contributed by atoms with Crippen molar-refractivity contribution >= 4 is 12.0 Å². The van der Waals surface area contributed by atoms with Crippen molar-refractivity contribution in [3.05, 3.63) is 0 Å². The number of hydrogen-bond acceptors (Lipinski definition) is 3. The van der Waals surface area contributed by atoms with Crippen molar-refractivity contribution in [3.8, 4) is 0 Å². The van der Waals surface area contributed by atoms with Crippen LogP contribution < -0.4 is 5.32 Å². The molecule has 2 N–H and O–H groups in total. The molecule has 1 aliphatic rings. The lowest BCUT2D eigenvalue weighted by atomic mass is 9.96. The van der Waals surface area contributed by atoms with Gasteiger partial charge in [-0.2, -0.15) is 0 Å². The molecule has 1 fully saturated rings. The van der Waals surface area contributed by atoms with Crippen LogP contribution >= 0.6 is 0 Å². The summed E-state index contributed by atoms with van der Waals surface area (Å²) in [6, 6.07) is -0.200. The predicted octanol–water partition coefficient (Wildman–Crippen LogP) is 1.16. The van der Waals surface area contributed by atoms with E-state index in [1.165, 1.54) is 0 Å². The number of piperidine rings is 1. The minimum Gasteiger partial charge on any atom is -0.481 e. The van der Waals surface area contributed by atoms with Gasteiger partial charge in [-0.05, 0) is 18.8 Å². The first-order chi connectivity index (χ1) is 8.99. The van der Waals surface area contributed by atoms with Gasteiger partial charge in [0.1, 0.15) is 0 Å². The second-order valence-electron chi connectivity index (χ2n) is 5.12. The van der Waals surface area contributed by atoms with Gasteiger partial charge in [-0.3, -0.25) is 4.79 Å². The summed E-state index contributed by atoms with van der Waals surface area (Å²) in [6.07, 6.45) is 1.47. The molecule has 19 heavy (non-hydrogen) atoms. The van der Waals surface area contributed by atoms with Gasteiger partial charge < -0.3 is 20.1 Å². The average Bonchev–Trinajstić information content (AvgIpc) is 2.39. The van der Waals surface area contributed by atoms with Crippen LogP contribution in [0, 0.1) is 11.8 Å². The molecular formula is C13H24N2O4. The third-order valence-electron chi connectivity index (χ3n) is 3.82. The molecule has 0 radical (unpaired) electrons. The number of amides is 2. The Bertz CT molecular complexity index is 322. The highest BCUT2D eigenvalue weighted by atomic mass is 16.5. The quantitative estimate of drug-likeness (QED) is 0.787. The van der Waals surface area contributed by atoms with Crippen molar-refractivity contribution in [1.29, 1.82) is 0 Å². The van der Waals surface area contributed by atoms with Crippen molar-refractivity contribution in [2.75, 3.05) is 26.7 Å². The molecule has 3 atom stereocenters. The molecule has 0 aromatic heterocycles. The van der Waals surface area contributed by atoms with Gasteiger partial charge in [-0.1, -0.05) is 13.8 Å². The summed E-state index contributed by atoms with van der Waals surface area (Å²) in [5.74, 6) is -0.952. The molecule has 1 saturated heterocycles. The number of carboxylic acids is 1. The van der Waals surface area contributed by atoms with Crippen LogP contribution in [0.4, 0.5) is 4.79 Å². The molecule has 0 bridgehead atoms. The van der Waals surface area contributed by atoms with Crippen LogP contribution in [0.3, 0.4) is 0 Å². The SMILES string of the molecule is CCC(CNC(=O)N1CCC(C)C(OC)C1)C(=O)O. The first-order valence-electron chi connectivity index (χ1n) is 6.77. The molecule has 6 heteroatoms. The van der Waals surface area contributed by atoms with Gasteiger partial charge >= 0.3 is 12.0 Å². The number of nitrogens with zero attached hydrogens (tertiary/aromatic N) is 1. The normalized spacial score (nSPS) is 24.9. The maximum atomic E-state index is 12.0. The maximum absolute atomic E-state index is 12.0. The molecule has 1 rings (SSSR count). The number of carbonyl (C=O) groups is 2. The Labute approximate surface area is 114 Å². The molecule has 1 heterocycles. The summed E-state index contributed by atoms with van der Waals surface area (Å²) in [4.78, 5) is 24.5. The number of ether oxygens (including phenoxy) is 1. The van der Waals surface area contributed by atoms with E-state index >= 15 is 0 Å². The molecule has 1 aliphatic heterocycles. The first-order valence-corrected chi connectivity index (χ1v) is 6.77. The van der Waals surface area contributed by atoms with Crippen LogP contribution in [0.5, 0.6) is 0 Å². The fourth-order valence-electron chi connectivity index (χ4n) is 2.25. The first kappa shape index (κ1) is 15.8. The van der Waals surface area contributed by atoms with Crippen molar-refractivity contribution < 1.29 is 19.4 Å². The van der Waals surface area contributed by atoms with Gasteiger partial charge in [0, 0.05) is 26.7 Å². The lowest BCUT2D eigenvalue weighted by Crippen LogP contribution is -2.51. The lowest BCUT2D eigenvalue weighted by molar-refractivity contribution is -0.141. The zero-order valence-electron chi connectivity index (χ0n) is 11.9. The molecule has 0 aromatic carbocycles. The Morgan fingerprint density at radius 1 is 1.53 bits per heavy atom. The topological polar surface area (TPSA) is 78.9 Å². The maximum Gasteiger partial charge on any atom is 0.317 e. The van der Waals surface area contributed by atoms with Crippen molar-refractivity contribution in [2.45, 2.75) is 32.8 Å². The molecular weight excluding hydrogens is 248 g/mol. The van der Waals surface area contributed by atoms with E-state index in [4.69, 9.17) is 9.84 Å². The molecule has 110 valence electrons. The van der Waals surface area contributed by atoms with Crippen LogP contribution in [-0.4, -0.2) is 54.9 Å². The summed E-state index contributed by atoms with van der Waals surface area (Å²) in [7, 11) is 1.65. The number of methoxy groups -OCH3 is 1.